The van der Waals surface area contributed by atoms with Gasteiger partial charge in [0.25, 0.3) is 5.56 Å². The molecular formula is C24H30N6O2. The zero-order valence-electron chi connectivity index (χ0n) is 19.1. The minimum atomic E-state index is -0.367. The van der Waals surface area contributed by atoms with Gasteiger partial charge in [0.05, 0.1) is 6.54 Å². The minimum Gasteiger partial charge on any atom is -0.357 e. The number of aromatic amines is 1. The van der Waals surface area contributed by atoms with Gasteiger partial charge in [-0.15, -0.1) is 0 Å². The van der Waals surface area contributed by atoms with Gasteiger partial charge in [-0.05, 0) is 43.4 Å². The molecule has 0 aliphatic heterocycles. The van der Waals surface area contributed by atoms with Crippen LogP contribution in [0.3, 0.4) is 0 Å². The van der Waals surface area contributed by atoms with Crippen LogP contribution in [0.4, 0.5) is 5.95 Å². The number of aromatic nitrogens is 5. The highest BCUT2D eigenvalue weighted by Crippen LogP contribution is 2.26. The van der Waals surface area contributed by atoms with Gasteiger partial charge in [0, 0.05) is 36.7 Å². The van der Waals surface area contributed by atoms with Crippen LogP contribution in [0.25, 0.3) is 22.1 Å². The predicted octanol–water partition coefficient (Wildman–Crippen LogP) is 3.26. The molecule has 1 aliphatic carbocycles. The largest absolute Gasteiger partial charge is 0.357 e. The molecule has 5 rings (SSSR count). The summed E-state index contributed by atoms with van der Waals surface area (Å²) in [7, 11) is 3.52. The van der Waals surface area contributed by atoms with Crippen molar-refractivity contribution >= 4 is 28.0 Å². The Balaban J connectivity index is 1.56. The van der Waals surface area contributed by atoms with E-state index in [-0.39, 0.29) is 17.8 Å². The van der Waals surface area contributed by atoms with Crippen LogP contribution in [-0.2, 0) is 20.6 Å². The molecule has 1 aromatic carbocycles. The third kappa shape index (κ3) is 3.34. The van der Waals surface area contributed by atoms with Gasteiger partial charge in [-0.1, -0.05) is 31.9 Å². The van der Waals surface area contributed by atoms with Crippen LogP contribution in [0.15, 0.2) is 33.9 Å². The SMILES string of the molecule is Cc1cccc2[nH]c(Cn3c(=O)c4c(nc(NC5CCCC(C)C5)n4C)n(C)c3=O)cc12. The van der Waals surface area contributed by atoms with E-state index in [4.69, 9.17) is 0 Å². The molecule has 0 bridgehead atoms. The fourth-order valence-corrected chi connectivity index (χ4v) is 5.08. The Hall–Kier alpha value is -3.29. The second-order valence-corrected chi connectivity index (χ2v) is 9.34. The van der Waals surface area contributed by atoms with Gasteiger partial charge in [-0.2, -0.15) is 4.98 Å². The van der Waals surface area contributed by atoms with Gasteiger partial charge < -0.3 is 14.9 Å². The number of hydrogen-bond acceptors (Lipinski definition) is 4. The lowest BCUT2D eigenvalue weighted by molar-refractivity contribution is 0.357. The maximum Gasteiger partial charge on any atom is 0.332 e. The summed E-state index contributed by atoms with van der Waals surface area (Å²) < 4.78 is 4.55. The topological polar surface area (TPSA) is 89.6 Å². The Morgan fingerprint density at radius 1 is 1.19 bits per heavy atom. The second kappa shape index (κ2) is 7.69. The zero-order valence-corrected chi connectivity index (χ0v) is 19.1. The molecule has 1 saturated carbocycles. The smallest absolute Gasteiger partial charge is 0.332 e. The van der Waals surface area contributed by atoms with Crippen molar-refractivity contribution in [2.75, 3.05) is 5.32 Å². The van der Waals surface area contributed by atoms with Crippen LogP contribution >= 0.6 is 0 Å². The van der Waals surface area contributed by atoms with E-state index in [1.165, 1.54) is 22.0 Å². The molecule has 8 nitrogen and oxygen atoms in total. The van der Waals surface area contributed by atoms with E-state index in [1.54, 1.807) is 11.6 Å². The second-order valence-electron chi connectivity index (χ2n) is 9.34. The van der Waals surface area contributed by atoms with Gasteiger partial charge in [-0.25, -0.2) is 4.79 Å². The summed E-state index contributed by atoms with van der Waals surface area (Å²) in [5, 5.41) is 4.62. The van der Waals surface area contributed by atoms with Crippen molar-refractivity contribution in [3.63, 3.8) is 0 Å². The number of fused-ring (bicyclic) bond motifs is 2. The number of imidazole rings is 1. The number of aryl methyl sites for hydroxylation is 3. The van der Waals surface area contributed by atoms with E-state index in [0.29, 0.717) is 29.1 Å². The van der Waals surface area contributed by atoms with Crippen molar-refractivity contribution in [3.05, 3.63) is 56.4 Å². The molecule has 3 heterocycles. The highest BCUT2D eigenvalue weighted by Gasteiger charge is 2.23. The maximum absolute atomic E-state index is 13.4. The van der Waals surface area contributed by atoms with Gasteiger partial charge in [0.1, 0.15) is 0 Å². The molecule has 2 N–H and O–H groups in total. The first-order valence-corrected chi connectivity index (χ1v) is 11.3. The molecule has 0 spiro atoms. The van der Waals surface area contributed by atoms with Gasteiger partial charge in [0.2, 0.25) is 5.95 Å². The summed E-state index contributed by atoms with van der Waals surface area (Å²) in [5.41, 5.74) is 3.14. The number of rotatable bonds is 4. The summed E-state index contributed by atoms with van der Waals surface area (Å²) in [6.07, 6.45) is 4.63. The Kier molecular flexibility index (Phi) is 4.95. The first-order valence-electron chi connectivity index (χ1n) is 11.3. The quantitative estimate of drug-likeness (QED) is 0.516. The Bertz CT molecular complexity index is 1440. The van der Waals surface area contributed by atoms with E-state index >= 15 is 0 Å². The molecule has 0 radical (unpaired) electrons. The summed E-state index contributed by atoms with van der Waals surface area (Å²) in [4.78, 5) is 34.5. The minimum absolute atomic E-state index is 0.184. The van der Waals surface area contributed by atoms with Crippen molar-refractivity contribution in [2.45, 2.75) is 52.1 Å². The summed E-state index contributed by atoms with van der Waals surface area (Å²) >= 11 is 0. The normalized spacial score (nSPS) is 19.1. The fraction of sp³-hybridized carbons (Fsp3) is 0.458. The number of hydrogen-bond donors (Lipinski definition) is 2. The van der Waals surface area contributed by atoms with E-state index < -0.39 is 0 Å². The van der Waals surface area contributed by atoms with Gasteiger partial charge in [-0.3, -0.25) is 13.9 Å². The maximum atomic E-state index is 13.4. The van der Waals surface area contributed by atoms with E-state index in [2.05, 4.69) is 35.2 Å². The van der Waals surface area contributed by atoms with Crippen LogP contribution in [0, 0.1) is 12.8 Å². The summed E-state index contributed by atoms with van der Waals surface area (Å²) in [6.45, 7) is 4.51. The van der Waals surface area contributed by atoms with Crippen LogP contribution in [0.2, 0.25) is 0 Å². The lowest BCUT2D eigenvalue weighted by Gasteiger charge is -2.27. The molecule has 0 amide bonds. The molecule has 0 saturated heterocycles. The number of nitrogens with one attached hydrogen (secondary N) is 2. The Morgan fingerprint density at radius 2 is 2.00 bits per heavy atom. The van der Waals surface area contributed by atoms with Crippen molar-refractivity contribution in [1.29, 1.82) is 0 Å². The van der Waals surface area contributed by atoms with Gasteiger partial charge >= 0.3 is 5.69 Å². The third-order valence-corrected chi connectivity index (χ3v) is 6.90. The molecule has 4 aromatic rings. The first kappa shape index (κ1) is 20.6. The Labute approximate surface area is 185 Å². The van der Waals surface area contributed by atoms with Crippen molar-refractivity contribution in [1.82, 2.24) is 23.7 Å². The van der Waals surface area contributed by atoms with Crippen LogP contribution in [0.1, 0.15) is 43.9 Å². The van der Waals surface area contributed by atoms with Crippen molar-refractivity contribution < 1.29 is 0 Å². The molecule has 2 unspecified atom stereocenters. The molecule has 1 fully saturated rings. The first-order chi connectivity index (χ1) is 15.3. The zero-order chi connectivity index (χ0) is 22.6. The van der Waals surface area contributed by atoms with E-state index in [1.807, 2.05) is 25.2 Å². The van der Waals surface area contributed by atoms with Crippen molar-refractivity contribution in [2.24, 2.45) is 20.0 Å². The average molecular weight is 435 g/mol. The standard InChI is InChI=1S/C24H30N6O2/c1-14-7-5-9-16(11-14)26-23-27-21-20(28(23)3)22(31)30(24(32)29(21)4)13-17-12-18-15(2)8-6-10-19(18)25-17/h6,8,10,12,14,16,25H,5,7,9,11,13H2,1-4H3,(H,26,27). The highest BCUT2D eigenvalue weighted by atomic mass is 16.2. The molecule has 32 heavy (non-hydrogen) atoms. The predicted molar refractivity (Wildman–Crippen MR) is 127 cm³/mol. The Morgan fingerprint density at radius 3 is 2.75 bits per heavy atom. The van der Waals surface area contributed by atoms with E-state index in [0.717, 1.165) is 35.0 Å². The van der Waals surface area contributed by atoms with E-state index in [9.17, 15) is 9.59 Å². The summed E-state index contributed by atoms with van der Waals surface area (Å²) in [6, 6.07) is 8.39. The number of nitrogens with zero attached hydrogens (tertiary/aromatic N) is 4. The van der Waals surface area contributed by atoms with Crippen LogP contribution in [-0.4, -0.2) is 29.7 Å². The number of H-pyrrole nitrogens is 1. The molecule has 3 aromatic heterocycles. The molecule has 1 aliphatic rings. The van der Waals surface area contributed by atoms with Crippen LogP contribution < -0.4 is 16.6 Å². The van der Waals surface area contributed by atoms with Gasteiger partial charge in [0.15, 0.2) is 11.2 Å². The average Bonchev–Trinajstić information content (AvgIpc) is 3.32. The molecule has 8 heteroatoms. The molecule has 168 valence electrons. The van der Waals surface area contributed by atoms with Crippen LogP contribution in [0.5, 0.6) is 0 Å². The molecule has 2 atom stereocenters. The highest BCUT2D eigenvalue weighted by molar-refractivity contribution is 5.83. The molecular weight excluding hydrogens is 404 g/mol. The van der Waals surface area contributed by atoms with Crippen molar-refractivity contribution in [3.8, 4) is 0 Å². The fourth-order valence-electron chi connectivity index (χ4n) is 5.08. The number of anilines is 1. The lowest BCUT2D eigenvalue weighted by atomic mass is 9.87. The third-order valence-electron chi connectivity index (χ3n) is 6.90. The summed E-state index contributed by atoms with van der Waals surface area (Å²) in [5.74, 6) is 1.32. The lowest BCUT2D eigenvalue weighted by Crippen LogP contribution is -2.39. The monoisotopic (exact) mass is 434 g/mol. The number of benzene rings is 1.